The third-order valence-electron chi connectivity index (χ3n) is 4.95. The number of ether oxygens (including phenoxy) is 1. The standard InChI is InChI=1S/C24H20F7NO2/c1-15-5-9-19(10-6-15)34-20-4-2-3-18(12-20)32(14-22(33)24(29,30)31)13-16-7-8-17(11-21(16)25)23(26,27)28/h2-12,22,33H,13-14H2,1H3. The van der Waals surface area contributed by atoms with E-state index in [0.717, 1.165) is 16.5 Å². The maximum atomic E-state index is 14.4. The summed E-state index contributed by atoms with van der Waals surface area (Å²) in [6.45, 7) is 0.387. The lowest BCUT2D eigenvalue weighted by Crippen LogP contribution is -2.41. The second kappa shape index (κ2) is 9.92. The molecule has 0 fully saturated rings. The molecule has 0 bridgehead atoms. The zero-order valence-electron chi connectivity index (χ0n) is 17.8. The minimum Gasteiger partial charge on any atom is -0.457 e. The molecule has 0 spiro atoms. The summed E-state index contributed by atoms with van der Waals surface area (Å²) in [4.78, 5) is 1.02. The highest BCUT2D eigenvalue weighted by molar-refractivity contribution is 5.52. The first kappa shape index (κ1) is 25.4. The molecule has 1 atom stereocenters. The number of alkyl halides is 6. The van der Waals surface area contributed by atoms with Gasteiger partial charge in [-0.25, -0.2) is 4.39 Å². The van der Waals surface area contributed by atoms with Gasteiger partial charge in [-0.1, -0.05) is 29.8 Å². The van der Waals surface area contributed by atoms with Crippen LogP contribution in [0.4, 0.5) is 36.4 Å². The number of aryl methyl sites for hydroxylation is 1. The van der Waals surface area contributed by atoms with Crippen molar-refractivity contribution in [3.63, 3.8) is 0 Å². The lowest BCUT2D eigenvalue weighted by molar-refractivity contribution is -0.200. The van der Waals surface area contributed by atoms with Gasteiger partial charge < -0.3 is 14.7 Å². The fourth-order valence-electron chi connectivity index (χ4n) is 3.12. The van der Waals surface area contributed by atoms with Gasteiger partial charge in [-0.2, -0.15) is 26.3 Å². The molecule has 182 valence electrons. The number of anilines is 1. The summed E-state index contributed by atoms with van der Waals surface area (Å²) in [6, 6.07) is 14.7. The molecular formula is C24H20F7NO2. The quantitative estimate of drug-likeness (QED) is 0.369. The predicted molar refractivity (Wildman–Crippen MR) is 112 cm³/mol. The highest BCUT2D eigenvalue weighted by Crippen LogP contribution is 2.32. The minimum absolute atomic E-state index is 0.146. The number of hydrogen-bond donors (Lipinski definition) is 1. The Morgan fingerprint density at radius 3 is 2.15 bits per heavy atom. The molecule has 3 rings (SSSR count). The molecule has 10 heteroatoms. The number of aliphatic hydroxyl groups is 1. The van der Waals surface area contributed by atoms with Gasteiger partial charge in [0.2, 0.25) is 0 Å². The van der Waals surface area contributed by atoms with Crippen LogP contribution < -0.4 is 9.64 Å². The van der Waals surface area contributed by atoms with Crippen molar-refractivity contribution in [2.24, 2.45) is 0 Å². The van der Waals surface area contributed by atoms with E-state index in [1.165, 1.54) is 18.2 Å². The smallest absolute Gasteiger partial charge is 0.416 e. The van der Waals surface area contributed by atoms with Crippen molar-refractivity contribution in [1.82, 2.24) is 0 Å². The Morgan fingerprint density at radius 2 is 1.56 bits per heavy atom. The summed E-state index contributed by atoms with van der Waals surface area (Å²) in [6.07, 6.45) is -12.5. The number of benzene rings is 3. The van der Waals surface area contributed by atoms with Gasteiger partial charge in [-0.15, -0.1) is 0 Å². The van der Waals surface area contributed by atoms with Crippen molar-refractivity contribution in [3.05, 3.63) is 89.2 Å². The van der Waals surface area contributed by atoms with E-state index in [1.807, 2.05) is 6.92 Å². The highest BCUT2D eigenvalue weighted by Gasteiger charge is 2.39. The number of rotatable bonds is 7. The zero-order chi connectivity index (χ0) is 25.1. The molecule has 0 aliphatic carbocycles. The van der Waals surface area contributed by atoms with Gasteiger partial charge in [0.05, 0.1) is 12.1 Å². The molecule has 0 amide bonds. The van der Waals surface area contributed by atoms with Crippen LogP contribution in [0, 0.1) is 12.7 Å². The van der Waals surface area contributed by atoms with Crippen LogP contribution in [0.15, 0.2) is 66.7 Å². The van der Waals surface area contributed by atoms with E-state index >= 15 is 0 Å². The Bertz CT molecular complexity index is 1110. The van der Waals surface area contributed by atoms with Gasteiger partial charge in [-0.3, -0.25) is 0 Å². The van der Waals surface area contributed by atoms with Crippen molar-refractivity contribution in [3.8, 4) is 11.5 Å². The van der Waals surface area contributed by atoms with Crippen molar-refractivity contribution < 1.29 is 40.6 Å². The summed E-state index contributed by atoms with van der Waals surface area (Å²) in [7, 11) is 0. The maximum absolute atomic E-state index is 14.4. The minimum atomic E-state index is -4.95. The predicted octanol–water partition coefficient (Wildman–Crippen LogP) is 6.88. The molecule has 0 heterocycles. The Morgan fingerprint density at radius 1 is 0.882 bits per heavy atom. The SMILES string of the molecule is Cc1ccc(Oc2cccc(N(Cc3ccc(C(F)(F)F)cc3F)CC(O)C(F)(F)F)c2)cc1. The second-order valence-corrected chi connectivity index (χ2v) is 7.65. The fourth-order valence-corrected chi connectivity index (χ4v) is 3.12. The van der Waals surface area contributed by atoms with Crippen molar-refractivity contribution in [2.75, 3.05) is 11.4 Å². The fraction of sp³-hybridized carbons (Fsp3) is 0.250. The Kier molecular flexibility index (Phi) is 7.40. The molecule has 34 heavy (non-hydrogen) atoms. The molecule has 1 N–H and O–H groups in total. The second-order valence-electron chi connectivity index (χ2n) is 7.65. The van der Waals surface area contributed by atoms with Gasteiger partial charge in [0.1, 0.15) is 17.3 Å². The molecule has 3 aromatic carbocycles. The van der Waals surface area contributed by atoms with Crippen LogP contribution in [0.1, 0.15) is 16.7 Å². The van der Waals surface area contributed by atoms with Crippen LogP contribution in [0.3, 0.4) is 0 Å². The first-order valence-corrected chi connectivity index (χ1v) is 10.0. The van der Waals surface area contributed by atoms with Crippen LogP contribution in [0.2, 0.25) is 0 Å². The Labute approximate surface area is 191 Å². The molecule has 0 aliphatic heterocycles. The van der Waals surface area contributed by atoms with E-state index < -0.39 is 42.9 Å². The average Bonchev–Trinajstić information content (AvgIpc) is 2.75. The molecule has 1 unspecified atom stereocenters. The Hall–Kier alpha value is -3.27. The van der Waals surface area contributed by atoms with Gasteiger partial charge in [-0.05, 0) is 43.3 Å². The molecule has 0 saturated carbocycles. The Balaban J connectivity index is 1.91. The van der Waals surface area contributed by atoms with Crippen LogP contribution in [0.25, 0.3) is 0 Å². The van der Waals surface area contributed by atoms with Gasteiger partial charge in [0.15, 0.2) is 6.10 Å². The number of hydrogen-bond acceptors (Lipinski definition) is 3. The van der Waals surface area contributed by atoms with E-state index in [-0.39, 0.29) is 23.1 Å². The number of aliphatic hydroxyl groups excluding tert-OH is 1. The third kappa shape index (κ3) is 6.63. The summed E-state index contributed by atoms with van der Waals surface area (Å²) < 4.78 is 97.7. The lowest BCUT2D eigenvalue weighted by atomic mass is 10.1. The van der Waals surface area contributed by atoms with Gasteiger partial charge >= 0.3 is 12.4 Å². The highest BCUT2D eigenvalue weighted by atomic mass is 19.4. The average molecular weight is 487 g/mol. The van der Waals surface area contributed by atoms with Gasteiger partial charge in [0.25, 0.3) is 0 Å². The molecule has 0 aliphatic rings. The van der Waals surface area contributed by atoms with E-state index in [4.69, 9.17) is 4.74 Å². The van der Waals surface area contributed by atoms with Crippen LogP contribution >= 0.6 is 0 Å². The largest absolute Gasteiger partial charge is 0.457 e. The molecule has 0 saturated heterocycles. The summed E-state index contributed by atoms with van der Waals surface area (Å²) in [5, 5.41) is 9.61. The third-order valence-corrected chi connectivity index (χ3v) is 4.95. The summed E-state index contributed by atoms with van der Waals surface area (Å²) in [5.74, 6) is -0.493. The van der Waals surface area contributed by atoms with E-state index in [1.54, 1.807) is 30.3 Å². The summed E-state index contributed by atoms with van der Waals surface area (Å²) in [5.41, 5.74) is -0.351. The van der Waals surface area contributed by atoms with Crippen LogP contribution in [-0.2, 0) is 12.7 Å². The van der Waals surface area contributed by atoms with E-state index in [2.05, 4.69) is 0 Å². The zero-order valence-corrected chi connectivity index (χ0v) is 17.8. The molecule has 3 nitrogen and oxygen atoms in total. The van der Waals surface area contributed by atoms with Crippen molar-refractivity contribution in [1.29, 1.82) is 0 Å². The van der Waals surface area contributed by atoms with Gasteiger partial charge in [0, 0.05) is 23.9 Å². The number of halogens is 7. The topological polar surface area (TPSA) is 32.7 Å². The first-order chi connectivity index (χ1) is 15.8. The molecular weight excluding hydrogens is 467 g/mol. The monoisotopic (exact) mass is 487 g/mol. The van der Waals surface area contributed by atoms with Crippen LogP contribution in [-0.4, -0.2) is 23.9 Å². The molecule has 3 aromatic rings. The normalized spacial score (nSPS) is 13.0. The molecule has 0 radical (unpaired) electrons. The first-order valence-electron chi connectivity index (χ1n) is 10.0. The number of nitrogens with zero attached hydrogens (tertiary/aromatic N) is 1. The van der Waals surface area contributed by atoms with Crippen LogP contribution in [0.5, 0.6) is 11.5 Å². The van der Waals surface area contributed by atoms with E-state index in [0.29, 0.717) is 11.8 Å². The summed E-state index contributed by atoms with van der Waals surface area (Å²) >= 11 is 0. The van der Waals surface area contributed by atoms with Crippen molar-refractivity contribution in [2.45, 2.75) is 31.9 Å². The maximum Gasteiger partial charge on any atom is 0.416 e. The lowest BCUT2D eigenvalue weighted by Gasteiger charge is -2.29. The van der Waals surface area contributed by atoms with Crippen molar-refractivity contribution >= 4 is 5.69 Å². The van der Waals surface area contributed by atoms with E-state index in [9.17, 15) is 35.8 Å². The molecule has 0 aromatic heterocycles.